The Morgan fingerprint density at radius 1 is 1.12 bits per heavy atom. The van der Waals surface area contributed by atoms with Crippen LogP contribution in [0.25, 0.3) is 10.6 Å². The van der Waals surface area contributed by atoms with Gasteiger partial charge in [0.15, 0.2) is 6.61 Å². The lowest BCUT2D eigenvalue weighted by Gasteiger charge is -2.39. The van der Waals surface area contributed by atoms with Crippen LogP contribution in [0.5, 0.6) is 5.75 Å². The fourth-order valence-electron chi connectivity index (χ4n) is 4.75. The number of sulfonamides is 1. The summed E-state index contributed by atoms with van der Waals surface area (Å²) >= 11 is 1.21. The SMILES string of the molecule is Cc1ccccc1OCC(=O)N1CCC2(CC1)CCN(S(=O)(=O)c1ccc(-c3ccon3)s1)C2. The van der Waals surface area contributed by atoms with Gasteiger partial charge in [-0.25, -0.2) is 8.42 Å². The molecule has 5 rings (SSSR count). The molecule has 2 aliphatic heterocycles. The van der Waals surface area contributed by atoms with Crippen LogP contribution in [-0.4, -0.2) is 61.5 Å². The topological polar surface area (TPSA) is 93.0 Å². The smallest absolute Gasteiger partial charge is 0.260 e. The van der Waals surface area contributed by atoms with Gasteiger partial charge in [-0.15, -0.1) is 11.3 Å². The molecule has 10 heteroatoms. The van der Waals surface area contributed by atoms with Gasteiger partial charge in [0.2, 0.25) is 0 Å². The number of hydrogen-bond acceptors (Lipinski definition) is 7. The number of aryl methyl sites for hydroxylation is 1. The van der Waals surface area contributed by atoms with E-state index in [1.165, 1.54) is 17.6 Å². The minimum Gasteiger partial charge on any atom is -0.484 e. The zero-order valence-electron chi connectivity index (χ0n) is 19.0. The first-order chi connectivity index (χ1) is 16.4. The first kappa shape index (κ1) is 23.1. The van der Waals surface area contributed by atoms with Crippen molar-refractivity contribution in [3.8, 4) is 16.3 Å². The molecule has 0 saturated carbocycles. The molecule has 2 aliphatic rings. The average Bonchev–Trinajstić information content (AvgIpc) is 3.60. The van der Waals surface area contributed by atoms with Crippen molar-refractivity contribution in [2.45, 2.75) is 30.4 Å². The Labute approximate surface area is 203 Å². The summed E-state index contributed by atoms with van der Waals surface area (Å²) < 4.78 is 39.1. The monoisotopic (exact) mass is 501 g/mol. The predicted octanol–water partition coefficient (Wildman–Crippen LogP) is 3.79. The zero-order chi connectivity index (χ0) is 23.8. The molecule has 8 nitrogen and oxygen atoms in total. The Bertz CT molecular complexity index is 1260. The van der Waals surface area contributed by atoms with Crippen LogP contribution in [-0.2, 0) is 14.8 Å². The summed E-state index contributed by atoms with van der Waals surface area (Å²) in [6.07, 6.45) is 3.88. The van der Waals surface area contributed by atoms with Gasteiger partial charge in [-0.1, -0.05) is 23.4 Å². The van der Waals surface area contributed by atoms with Crippen LogP contribution in [0.2, 0.25) is 0 Å². The number of thiophene rings is 1. The highest BCUT2D eigenvalue weighted by Crippen LogP contribution is 2.43. The molecule has 2 aromatic heterocycles. The van der Waals surface area contributed by atoms with Crippen molar-refractivity contribution in [3.05, 3.63) is 54.3 Å². The van der Waals surface area contributed by atoms with Gasteiger partial charge in [0.25, 0.3) is 15.9 Å². The van der Waals surface area contributed by atoms with E-state index in [2.05, 4.69) is 5.16 Å². The highest BCUT2D eigenvalue weighted by Gasteiger charge is 2.45. The van der Waals surface area contributed by atoms with Gasteiger partial charge >= 0.3 is 0 Å². The molecular weight excluding hydrogens is 474 g/mol. The van der Waals surface area contributed by atoms with Gasteiger partial charge in [-0.05, 0) is 55.4 Å². The van der Waals surface area contributed by atoms with Crippen molar-refractivity contribution >= 4 is 27.3 Å². The standard InChI is InChI=1S/C24H27N3O5S2/c1-18-4-2-3-5-20(18)31-16-22(28)26-12-9-24(10-13-26)11-14-27(17-24)34(29,30)23-7-6-21(33-23)19-8-15-32-25-19/h2-8,15H,9-14,16-17H2,1H3. The summed E-state index contributed by atoms with van der Waals surface area (Å²) in [6, 6.07) is 12.8. The lowest BCUT2D eigenvalue weighted by Crippen LogP contribution is -2.46. The highest BCUT2D eigenvalue weighted by molar-refractivity contribution is 7.91. The number of ether oxygens (including phenoxy) is 1. The number of likely N-dealkylation sites (tertiary alicyclic amines) is 1. The van der Waals surface area contributed by atoms with Crippen molar-refractivity contribution in [2.75, 3.05) is 32.8 Å². The molecule has 0 radical (unpaired) electrons. The molecule has 2 fully saturated rings. The summed E-state index contributed by atoms with van der Waals surface area (Å²) in [5, 5.41) is 3.89. The van der Waals surface area contributed by atoms with E-state index in [4.69, 9.17) is 9.26 Å². The van der Waals surface area contributed by atoms with Crippen molar-refractivity contribution in [1.82, 2.24) is 14.4 Å². The van der Waals surface area contributed by atoms with E-state index in [0.29, 0.717) is 36.1 Å². The van der Waals surface area contributed by atoms with E-state index in [9.17, 15) is 13.2 Å². The van der Waals surface area contributed by atoms with Crippen LogP contribution < -0.4 is 4.74 Å². The Morgan fingerprint density at radius 3 is 2.62 bits per heavy atom. The third kappa shape index (κ3) is 4.49. The maximum Gasteiger partial charge on any atom is 0.260 e. The van der Waals surface area contributed by atoms with E-state index in [1.807, 2.05) is 36.1 Å². The number of hydrogen-bond donors (Lipinski definition) is 0. The van der Waals surface area contributed by atoms with Gasteiger partial charge in [0.05, 0.1) is 4.88 Å². The Morgan fingerprint density at radius 2 is 1.88 bits per heavy atom. The minimum absolute atomic E-state index is 0.0184. The van der Waals surface area contributed by atoms with E-state index in [-0.39, 0.29) is 17.9 Å². The number of carbonyl (C=O) groups excluding carboxylic acids is 1. The molecule has 0 unspecified atom stereocenters. The highest BCUT2D eigenvalue weighted by atomic mass is 32.2. The van der Waals surface area contributed by atoms with Crippen LogP contribution in [0.4, 0.5) is 0 Å². The van der Waals surface area contributed by atoms with Crippen molar-refractivity contribution in [3.63, 3.8) is 0 Å². The normalized spacial score (nSPS) is 18.4. The lowest BCUT2D eigenvalue weighted by atomic mass is 9.78. The van der Waals surface area contributed by atoms with Crippen molar-refractivity contribution < 1.29 is 22.5 Å². The molecule has 180 valence electrons. The second-order valence-corrected chi connectivity index (χ2v) is 12.3. The third-order valence-corrected chi connectivity index (χ3v) is 10.3. The molecule has 0 atom stereocenters. The molecule has 34 heavy (non-hydrogen) atoms. The molecule has 2 saturated heterocycles. The van der Waals surface area contributed by atoms with E-state index >= 15 is 0 Å². The van der Waals surface area contributed by atoms with Crippen LogP contribution in [0, 0.1) is 12.3 Å². The number of rotatable bonds is 6. The Kier molecular flexibility index (Phi) is 6.22. The molecule has 0 N–H and O–H groups in total. The fourth-order valence-corrected chi connectivity index (χ4v) is 7.73. The number of piperidine rings is 1. The molecule has 1 aromatic carbocycles. The molecule has 1 amide bonds. The molecule has 1 spiro atoms. The van der Waals surface area contributed by atoms with Crippen LogP contribution in [0.3, 0.4) is 0 Å². The van der Waals surface area contributed by atoms with Gasteiger partial charge in [0, 0.05) is 32.2 Å². The summed E-state index contributed by atoms with van der Waals surface area (Å²) in [6.45, 7) is 4.22. The van der Waals surface area contributed by atoms with Crippen LogP contribution in [0.15, 0.2) is 57.5 Å². The second kappa shape index (κ2) is 9.16. The molecular formula is C24H27N3O5S2. The number of nitrogens with zero attached hydrogens (tertiary/aromatic N) is 3. The second-order valence-electron chi connectivity index (χ2n) is 9.03. The first-order valence-corrected chi connectivity index (χ1v) is 13.6. The van der Waals surface area contributed by atoms with Crippen LogP contribution in [0.1, 0.15) is 24.8 Å². The van der Waals surface area contributed by atoms with Crippen molar-refractivity contribution in [2.24, 2.45) is 5.41 Å². The molecule has 0 bridgehead atoms. The summed E-state index contributed by atoms with van der Waals surface area (Å²) in [5.74, 6) is 0.695. The zero-order valence-corrected chi connectivity index (χ0v) is 20.6. The summed E-state index contributed by atoms with van der Waals surface area (Å²) in [5.41, 5.74) is 1.55. The Balaban J connectivity index is 1.17. The lowest BCUT2D eigenvalue weighted by molar-refractivity contribution is -0.135. The number of carbonyl (C=O) groups is 1. The summed E-state index contributed by atoms with van der Waals surface area (Å²) in [4.78, 5) is 15.3. The third-order valence-electron chi connectivity index (χ3n) is 6.89. The number of para-hydroxylation sites is 1. The maximum atomic E-state index is 13.3. The predicted molar refractivity (Wildman–Crippen MR) is 128 cm³/mol. The van der Waals surface area contributed by atoms with Crippen molar-refractivity contribution in [1.29, 1.82) is 0 Å². The van der Waals surface area contributed by atoms with Gasteiger partial charge in [-0.2, -0.15) is 4.31 Å². The van der Waals surface area contributed by atoms with E-state index < -0.39 is 10.0 Å². The van der Waals surface area contributed by atoms with Gasteiger partial charge < -0.3 is 14.2 Å². The Hall–Kier alpha value is -2.69. The summed E-state index contributed by atoms with van der Waals surface area (Å²) in [7, 11) is -3.56. The fraction of sp³-hybridized carbons (Fsp3) is 0.417. The minimum atomic E-state index is -3.56. The number of amides is 1. The molecule has 4 heterocycles. The quantitative estimate of drug-likeness (QED) is 0.510. The maximum absolute atomic E-state index is 13.3. The molecule has 3 aromatic rings. The van der Waals surface area contributed by atoms with Gasteiger partial charge in [0.1, 0.15) is 21.9 Å². The number of aromatic nitrogens is 1. The number of benzene rings is 1. The van der Waals surface area contributed by atoms with E-state index in [0.717, 1.165) is 35.5 Å². The van der Waals surface area contributed by atoms with E-state index in [1.54, 1.807) is 22.5 Å². The van der Waals surface area contributed by atoms with Crippen LogP contribution >= 0.6 is 11.3 Å². The molecule has 0 aliphatic carbocycles. The van der Waals surface area contributed by atoms with Gasteiger partial charge in [-0.3, -0.25) is 4.79 Å². The average molecular weight is 502 g/mol. The first-order valence-electron chi connectivity index (χ1n) is 11.3. The largest absolute Gasteiger partial charge is 0.484 e.